The number of hydrogen-bond acceptors (Lipinski definition) is 2. The molecule has 2 rings (SSSR count). The van der Waals surface area contributed by atoms with Crippen molar-refractivity contribution in [1.82, 2.24) is 4.90 Å². The van der Waals surface area contributed by atoms with Gasteiger partial charge in [-0.2, -0.15) is 0 Å². The topological polar surface area (TPSA) is 29.3 Å². The van der Waals surface area contributed by atoms with Crippen LogP contribution in [0.3, 0.4) is 0 Å². The van der Waals surface area contributed by atoms with E-state index in [0.717, 1.165) is 11.0 Å². The fourth-order valence-corrected chi connectivity index (χ4v) is 2.87. The number of benzene rings is 1. The standard InChI is InChI=1S/C14H21BrN2.ClH/c1-14(2,16)10-17-9-3-4-13(17)11-5-7-12(15)8-6-11;/h5-8,13H,3-4,9-10,16H2,1-2H3;1H. The number of nitrogens with two attached hydrogens (primary N) is 1. The van der Waals surface area contributed by atoms with Crippen LogP contribution in [0.4, 0.5) is 0 Å². The second-order valence-corrected chi connectivity index (χ2v) is 6.58. The molecule has 1 aliphatic rings. The zero-order valence-corrected chi connectivity index (χ0v) is 13.4. The molecule has 0 spiro atoms. The van der Waals surface area contributed by atoms with Crippen LogP contribution in [0.5, 0.6) is 0 Å². The molecule has 0 bridgehead atoms. The smallest absolute Gasteiger partial charge is 0.0349 e. The van der Waals surface area contributed by atoms with Crippen LogP contribution in [-0.4, -0.2) is 23.5 Å². The summed E-state index contributed by atoms with van der Waals surface area (Å²) in [7, 11) is 0. The van der Waals surface area contributed by atoms with E-state index in [2.05, 4.69) is 58.9 Å². The predicted octanol–water partition coefficient (Wildman–Crippen LogP) is 3.75. The van der Waals surface area contributed by atoms with Gasteiger partial charge in [0.25, 0.3) is 0 Å². The van der Waals surface area contributed by atoms with Crippen LogP contribution in [0.25, 0.3) is 0 Å². The highest BCUT2D eigenvalue weighted by molar-refractivity contribution is 9.10. The lowest BCUT2D eigenvalue weighted by atomic mass is 10.0. The fraction of sp³-hybridized carbons (Fsp3) is 0.571. The SMILES string of the molecule is CC(C)(N)CN1CCCC1c1ccc(Br)cc1.Cl. The Labute approximate surface area is 124 Å². The first-order valence-corrected chi connectivity index (χ1v) is 7.03. The monoisotopic (exact) mass is 332 g/mol. The molecule has 18 heavy (non-hydrogen) atoms. The van der Waals surface area contributed by atoms with Gasteiger partial charge in [0.15, 0.2) is 0 Å². The molecule has 1 aromatic rings. The molecule has 2 nitrogen and oxygen atoms in total. The van der Waals surface area contributed by atoms with Crippen LogP contribution in [-0.2, 0) is 0 Å². The summed E-state index contributed by atoms with van der Waals surface area (Å²) in [6, 6.07) is 9.23. The minimum absolute atomic E-state index is 0. The maximum Gasteiger partial charge on any atom is 0.0349 e. The lowest BCUT2D eigenvalue weighted by Gasteiger charge is -2.31. The Morgan fingerprint density at radius 1 is 1.33 bits per heavy atom. The fourth-order valence-electron chi connectivity index (χ4n) is 2.60. The highest BCUT2D eigenvalue weighted by Gasteiger charge is 2.29. The molecule has 1 heterocycles. The minimum atomic E-state index is -0.113. The van der Waals surface area contributed by atoms with Crippen LogP contribution < -0.4 is 5.73 Å². The number of halogens is 2. The van der Waals surface area contributed by atoms with Crippen molar-refractivity contribution in [1.29, 1.82) is 0 Å². The van der Waals surface area contributed by atoms with Crippen LogP contribution in [0.1, 0.15) is 38.3 Å². The summed E-state index contributed by atoms with van der Waals surface area (Å²) in [5, 5.41) is 0. The van der Waals surface area contributed by atoms with Gasteiger partial charge in [0.2, 0.25) is 0 Å². The van der Waals surface area contributed by atoms with Gasteiger partial charge < -0.3 is 5.73 Å². The van der Waals surface area contributed by atoms with E-state index in [0.29, 0.717) is 6.04 Å². The molecule has 1 fully saturated rings. The third-order valence-corrected chi connectivity index (χ3v) is 3.76. The Balaban J connectivity index is 0.00000162. The van der Waals surface area contributed by atoms with Crippen LogP contribution >= 0.6 is 28.3 Å². The molecule has 0 amide bonds. The molecule has 102 valence electrons. The van der Waals surface area contributed by atoms with E-state index in [-0.39, 0.29) is 17.9 Å². The van der Waals surface area contributed by atoms with Crippen molar-refractivity contribution < 1.29 is 0 Å². The summed E-state index contributed by atoms with van der Waals surface area (Å²) in [6.45, 7) is 6.34. The van der Waals surface area contributed by atoms with Gasteiger partial charge in [-0.3, -0.25) is 4.90 Å². The van der Waals surface area contributed by atoms with Gasteiger partial charge in [0.1, 0.15) is 0 Å². The molecule has 0 aliphatic carbocycles. The first kappa shape index (κ1) is 16.0. The van der Waals surface area contributed by atoms with Crippen molar-refractivity contribution in [3.05, 3.63) is 34.3 Å². The summed E-state index contributed by atoms with van der Waals surface area (Å²) >= 11 is 3.48. The molecule has 4 heteroatoms. The average Bonchev–Trinajstić information content (AvgIpc) is 2.64. The van der Waals surface area contributed by atoms with E-state index in [4.69, 9.17) is 5.73 Å². The molecule has 1 aromatic carbocycles. The number of hydrogen-bond donors (Lipinski definition) is 1. The molecule has 0 saturated carbocycles. The summed E-state index contributed by atoms with van der Waals surface area (Å²) < 4.78 is 1.14. The maximum absolute atomic E-state index is 6.13. The van der Waals surface area contributed by atoms with Gasteiger partial charge in [-0.15, -0.1) is 12.4 Å². The molecule has 1 aliphatic heterocycles. The van der Waals surface area contributed by atoms with E-state index in [1.807, 2.05) is 0 Å². The Morgan fingerprint density at radius 2 is 1.94 bits per heavy atom. The summed E-state index contributed by atoms with van der Waals surface area (Å²) in [4.78, 5) is 2.52. The van der Waals surface area contributed by atoms with Gasteiger partial charge >= 0.3 is 0 Å². The van der Waals surface area contributed by atoms with Crippen molar-refractivity contribution in [3.63, 3.8) is 0 Å². The molecule has 0 radical (unpaired) electrons. The lowest BCUT2D eigenvalue weighted by molar-refractivity contribution is 0.211. The van der Waals surface area contributed by atoms with Crippen molar-refractivity contribution in [2.45, 2.75) is 38.3 Å². The highest BCUT2D eigenvalue weighted by Crippen LogP contribution is 2.33. The van der Waals surface area contributed by atoms with Gasteiger partial charge in [-0.05, 0) is 50.9 Å². The normalized spacial score (nSPS) is 20.8. The van der Waals surface area contributed by atoms with Gasteiger partial charge in [0.05, 0.1) is 0 Å². The molecule has 2 N–H and O–H groups in total. The maximum atomic E-state index is 6.13. The minimum Gasteiger partial charge on any atom is -0.324 e. The van der Waals surface area contributed by atoms with Gasteiger partial charge in [-0.25, -0.2) is 0 Å². The predicted molar refractivity (Wildman–Crippen MR) is 83.2 cm³/mol. The van der Waals surface area contributed by atoms with Gasteiger partial charge in [0, 0.05) is 22.6 Å². The number of rotatable bonds is 3. The Hall–Kier alpha value is -0.0900. The Kier molecular flexibility index (Phi) is 5.66. The van der Waals surface area contributed by atoms with Crippen molar-refractivity contribution in [2.75, 3.05) is 13.1 Å². The zero-order chi connectivity index (χ0) is 12.5. The third kappa shape index (κ3) is 4.23. The molecular formula is C14H22BrClN2. The highest BCUT2D eigenvalue weighted by atomic mass is 79.9. The number of likely N-dealkylation sites (tertiary alicyclic amines) is 1. The quantitative estimate of drug-likeness (QED) is 0.913. The molecule has 1 unspecified atom stereocenters. The largest absolute Gasteiger partial charge is 0.324 e. The first-order valence-electron chi connectivity index (χ1n) is 6.24. The van der Waals surface area contributed by atoms with Crippen LogP contribution in [0.2, 0.25) is 0 Å². The Bertz CT molecular complexity index is 372. The van der Waals surface area contributed by atoms with E-state index in [9.17, 15) is 0 Å². The van der Waals surface area contributed by atoms with E-state index in [1.165, 1.54) is 24.9 Å². The second kappa shape index (κ2) is 6.38. The second-order valence-electron chi connectivity index (χ2n) is 5.67. The van der Waals surface area contributed by atoms with Crippen molar-refractivity contribution >= 4 is 28.3 Å². The van der Waals surface area contributed by atoms with Crippen molar-refractivity contribution in [2.24, 2.45) is 5.73 Å². The molecule has 1 saturated heterocycles. The average molecular weight is 334 g/mol. The lowest BCUT2D eigenvalue weighted by Crippen LogP contribution is -2.45. The van der Waals surface area contributed by atoms with Crippen molar-refractivity contribution in [3.8, 4) is 0 Å². The summed E-state index contributed by atoms with van der Waals surface area (Å²) in [5.41, 5.74) is 7.43. The molecule has 1 atom stereocenters. The first-order chi connectivity index (χ1) is 7.96. The Morgan fingerprint density at radius 3 is 2.50 bits per heavy atom. The molecular weight excluding hydrogens is 312 g/mol. The zero-order valence-electron chi connectivity index (χ0n) is 11.0. The third-order valence-electron chi connectivity index (χ3n) is 3.23. The molecule has 0 aromatic heterocycles. The number of nitrogens with zero attached hydrogens (tertiary/aromatic N) is 1. The summed E-state index contributed by atoms with van der Waals surface area (Å²) in [6.07, 6.45) is 2.52. The van der Waals surface area contributed by atoms with Crippen LogP contribution in [0.15, 0.2) is 28.7 Å². The van der Waals surface area contributed by atoms with Crippen LogP contribution in [0, 0.1) is 0 Å². The van der Waals surface area contributed by atoms with E-state index in [1.54, 1.807) is 0 Å². The van der Waals surface area contributed by atoms with E-state index < -0.39 is 0 Å². The van der Waals surface area contributed by atoms with Gasteiger partial charge in [-0.1, -0.05) is 28.1 Å². The van der Waals surface area contributed by atoms with E-state index >= 15 is 0 Å². The summed E-state index contributed by atoms with van der Waals surface area (Å²) in [5.74, 6) is 0.